The van der Waals surface area contributed by atoms with E-state index in [4.69, 9.17) is 0 Å². The molecule has 2 aliphatic rings. The Balaban J connectivity index is 1.39. The highest BCUT2D eigenvalue weighted by Crippen LogP contribution is 2.24. The molecule has 1 aromatic carbocycles. The molecule has 1 aromatic rings. The van der Waals surface area contributed by atoms with Crippen LogP contribution in [0.2, 0.25) is 0 Å². The van der Waals surface area contributed by atoms with Crippen molar-refractivity contribution in [2.45, 2.75) is 51.5 Å². The first-order valence-electron chi connectivity index (χ1n) is 9.99. The van der Waals surface area contributed by atoms with E-state index in [1.54, 1.807) is 0 Å². The second kappa shape index (κ2) is 9.17. The first-order chi connectivity index (χ1) is 12.6. The van der Waals surface area contributed by atoms with Crippen molar-refractivity contribution in [2.24, 2.45) is 11.8 Å². The van der Waals surface area contributed by atoms with Crippen molar-refractivity contribution in [1.29, 1.82) is 0 Å². The van der Waals surface area contributed by atoms with E-state index in [1.165, 1.54) is 19.3 Å². The van der Waals surface area contributed by atoms with Crippen molar-refractivity contribution < 1.29 is 9.59 Å². The van der Waals surface area contributed by atoms with Crippen LogP contribution in [0.4, 0.5) is 5.69 Å². The van der Waals surface area contributed by atoms with E-state index in [0.717, 1.165) is 38.0 Å². The van der Waals surface area contributed by atoms with Crippen LogP contribution in [-0.4, -0.2) is 42.4 Å². The minimum Gasteiger partial charge on any atom is -0.352 e. The second-order valence-corrected chi connectivity index (χ2v) is 7.84. The third-order valence-corrected chi connectivity index (χ3v) is 5.82. The van der Waals surface area contributed by atoms with Gasteiger partial charge in [0.2, 0.25) is 11.8 Å². The Morgan fingerprint density at radius 1 is 1.04 bits per heavy atom. The minimum absolute atomic E-state index is 0.0351. The predicted octanol–water partition coefficient (Wildman–Crippen LogP) is 3.03. The van der Waals surface area contributed by atoms with Gasteiger partial charge in [0.15, 0.2) is 0 Å². The van der Waals surface area contributed by atoms with E-state index in [2.05, 4.69) is 22.5 Å². The van der Waals surface area contributed by atoms with Gasteiger partial charge in [0.05, 0.1) is 6.54 Å². The zero-order valence-electron chi connectivity index (χ0n) is 15.7. The number of hydrogen-bond acceptors (Lipinski definition) is 3. The summed E-state index contributed by atoms with van der Waals surface area (Å²) >= 11 is 0. The van der Waals surface area contributed by atoms with Crippen LogP contribution in [0.25, 0.3) is 0 Å². The molecular formula is C21H31N3O2. The molecule has 5 heteroatoms. The molecule has 1 saturated heterocycles. The molecule has 1 aliphatic heterocycles. The number of carbonyl (C=O) groups excluding carboxylic acids is 2. The molecule has 1 saturated carbocycles. The average Bonchev–Trinajstić information content (AvgIpc) is 2.65. The lowest BCUT2D eigenvalue weighted by molar-refractivity contribution is -0.124. The van der Waals surface area contributed by atoms with E-state index in [1.807, 2.05) is 30.3 Å². The zero-order chi connectivity index (χ0) is 18.4. The predicted molar refractivity (Wildman–Crippen MR) is 104 cm³/mol. The third-order valence-electron chi connectivity index (χ3n) is 5.82. The normalized spacial score (nSPS) is 24.8. The number of nitrogens with zero attached hydrogens (tertiary/aromatic N) is 1. The number of para-hydroxylation sites is 1. The topological polar surface area (TPSA) is 61.4 Å². The molecule has 2 fully saturated rings. The molecule has 0 unspecified atom stereocenters. The highest BCUT2D eigenvalue weighted by molar-refractivity contribution is 5.92. The molecule has 2 atom stereocenters. The largest absolute Gasteiger partial charge is 0.352 e. The van der Waals surface area contributed by atoms with Gasteiger partial charge in [0.25, 0.3) is 0 Å². The van der Waals surface area contributed by atoms with Crippen molar-refractivity contribution in [3.8, 4) is 0 Å². The maximum absolute atomic E-state index is 12.4. The van der Waals surface area contributed by atoms with Crippen LogP contribution in [0.3, 0.4) is 0 Å². The summed E-state index contributed by atoms with van der Waals surface area (Å²) in [4.78, 5) is 26.9. The van der Waals surface area contributed by atoms with Crippen molar-refractivity contribution in [3.05, 3.63) is 30.3 Å². The average molecular weight is 357 g/mol. The van der Waals surface area contributed by atoms with Gasteiger partial charge in [-0.15, -0.1) is 0 Å². The molecule has 0 radical (unpaired) electrons. The van der Waals surface area contributed by atoms with E-state index < -0.39 is 0 Å². The Hall–Kier alpha value is -1.88. The maximum atomic E-state index is 12.4. The molecule has 0 spiro atoms. The van der Waals surface area contributed by atoms with E-state index in [0.29, 0.717) is 18.5 Å². The van der Waals surface area contributed by atoms with Gasteiger partial charge in [-0.1, -0.05) is 38.0 Å². The number of piperidine rings is 1. The van der Waals surface area contributed by atoms with E-state index in [9.17, 15) is 9.59 Å². The monoisotopic (exact) mass is 357 g/mol. The minimum atomic E-state index is 0.0351. The van der Waals surface area contributed by atoms with E-state index >= 15 is 0 Å². The van der Waals surface area contributed by atoms with Gasteiger partial charge in [-0.05, 0) is 56.8 Å². The Labute approximate surface area is 156 Å². The molecule has 0 aromatic heterocycles. The smallest absolute Gasteiger partial charge is 0.234 e. The standard InChI is InChI=1S/C21H31N3O2/c1-16-7-5-6-10-19(16)23-20(25)15-24-13-11-17(12-14-24)21(26)22-18-8-3-2-4-9-18/h2-4,8-9,16-17,19H,5-7,10-15H2,1H3,(H,22,26)(H,23,25)/t16-,19-/m0/s1. The lowest BCUT2D eigenvalue weighted by Crippen LogP contribution is -2.47. The van der Waals surface area contributed by atoms with Crippen LogP contribution in [-0.2, 0) is 9.59 Å². The summed E-state index contributed by atoms with van der Waals surface area (Å²) in [5.74, 6) is 0.847. The quantitative estimate of drug-likeness (QED) is 0.851. The molecular weight excluding hydrogens is 326 g/mol. The number of benzene rings is 1. The number of hydrogen-bond donors (Lipinski definition) is 2. The Morgan fingerprint density at radius 2 is 1.73 bits per heavy atom. The third kappa shape index (κ3) is 5.31. The fraction of sp³-hybridized carbons (Fsp3) is 0.619. The van der Waals surface area contributed by atoms with Crippen LogP contribution in [0, 0.1) is 11.8 Å². The molecule has 26 heavy (non-hydrogen) atoms. The van der Waals surface area contributed by atoms with Crippen LogP contribution >= 0.6 is 0 Å². The number of amides is 2. The first kappa shape index (κ1) is 18.9. The number of carbonyl (C=O) groups is 2. The van der Waals surface area contributed by atoms with Crippen LogP contribution in [0.15, 0.2) is 30.3 Å². The zero-order valence-corrected chi connectivity index (χ0v) is 15.7. The Bertz CT molecular complexity index is 597. The molecule has 5 nitrogen and oxygen atoms in total. The summed E-state index contributed by atoms with van der Waals surface area (Å²) in [7, 11) is 0. The maximum Gasteiger partial charge on any atom is 0.234 e. The van der Waals surface area contributed by atoms with Gasteiger partial charge in [-0.2, -0.15) is 0 Å². The molecule has 0 bridgehead atoms. The van der Waals surface area contributed by atoms with Crippen molar-refractivity contribution in [2.75, 3.05) is 25.0 Å². The lowest BCUT2D eigenvalue weighted by Gasteiger charge is -2.33. The van der Waals surface area contributed by atoms with Gasteiger partial charge in [-0.3, -0.25) is 14.5 Å². The van der Waals surface area contributed by atoms with Crippen LogP contribution in [0.1, 0.15) is 45.4 Å². The van der Waals surface area contributed by atoms with Crippen molar-refractivity contribution in [3.63, 3.8) is 0 Å². The Morgan fingerprint density at radius 3 is 2.42 bits per heavy atom. The summed E-state index contributed by atoms with van der Waals surface area (Å²) in [5, 5.41) is 6.21. The van der Waals surface area contributed by atoms with Gasteiger partial charge in [0, 0.05) is 17.6 Å². The fourth-order valence-corrected chi connectivity index (χ4v) is 4.11. The van der Waals surface area contributed by atoms with Crippen molar-refractivity contribution >= 4 is 17.5 Å². The van der Waals surface area contributed by atoms with Gasteiger partial charge in [-0.25, -0.2) is 0 Å². The molecule has 142 valence electrons. The van der Waals surface area contributed by atoms with Crippen molar-refractivity contribution in [1.82, 2.24) is 10.2 Å². The molecule has 3 rings (SSSR count). The van der Waals surface area contributed by atoms with Gasteiger partial charge >= 0.3 is 0 Å². The fourth-order valence-electron chi connectivity index (χ4n) is 4.11. The SMILES string of the molecule is C[C@H]1CCCC[C@@H]1NC(=O)CN1CCC(C(=O)Nc2ccccc2)CC1. The van der Waals surface area contributed by atoms with Crippen LogP contribution in [0.5, 0.6) is 0 Å². The summed E-state index contributed by atoms with van der Waals surface area (Å²) in [6.07, 6.45) is 6.45. The molecule has 2 N–H and O–H groups in total. The van der Waals surface area contributed by atoms with Gasteiger partial charge in [0.1, 0.15) is 0 Å². The number of likely N-dealkylation sites (tertiary alicyclic amines) is 1. The molecule has 2 amide bonds. The number of rotatable bonds is 5. The summed E-state index contributed by atoms with van der Waals surface area (Å²) in [5.41, 5.74) is 0.848. The second-order valence-electron chi connectivity index (χ2n) is 7.84. The highest BCUT2D eigenvalue weighted by Gasteiger charge is 2.27. The highest BCUT2D eigenvalue weighted by atomic mass is 16.2. The van der Waals surface area contributed by atoms with E-state index in [-0.39, 0.29) is 17.7 Å². The molecule has 1 heterocycles. The number of nitrogens with one attached hydrogen (secondary N) is 2. The Kier molecular flexibility index (Phi) is 6.67. The number of anilines is 1. The lowest BCUT2D eigenvalue weighted by atomic mass is 9.86. The molecule has 1 aliphatic carbocycles. The summed E-state index contributed by atoms with van der Waals surface area (Å²) in [6, 6.07) is 9.93. The van der Waals surface area contributed by atoms with Gasteiger partial charge < -0.3 is 10.6 Å². The van der Waals surface area contributed by atoms with Crippen LogP contribution < -0.4 is 10.6 Å². The first-order valence-corrected chi connectivity index (χ1v) is 9.99. The summed E-state index contributed by atoms with van der Waals surface area (Å²) < 4.78 is 0. The summed E-state index contributed by atoms with van der Waals surface area (Å²) in [6.45, 7) is 4.30.